The first-order chi connectivity index (χ1) is 14.1. The van der Waals surface area contributed by atoms with E-state index in [4.69, 9.17) is 16.3 Å². The van der Waals surface area contributed by atoms with Crippen LogP contribution < -0.4 is 4.74 Å². The molecule has 1 amide bonds. The summed E-state index contributed by atoms with van der Waals surface area (Å²) in [5, 5.41) is 0.727. The Labute approximate surface area is 177 Å². The fourth-order valence-corrected chi connectivity index (χ4v) is 3.42. The predicted molar refractivity (Wildman–Crippen MR) is 117 cm³/mol. The van der Waals surface area contributed by atoms with E-state index in [0.29, 0.717) is 18.8 Å². The Morgan fingerprint density at radius 1 is 1.10 bits per heavy atom. The summed E-state index contributed by atoms with van der Waals surface area (Å²) >= 11 is 6.12. The van der Waals surface area contributed by atoms with Gasteiger partial charge in [-0.3, -0.25) is 4.79 Å². The van der Waals surface area contributed by atoms with Crippen LogP contribution in [0.4, 0.5) is 0 Å². The van der Waals surface area contributed by atoms with E-state index in [9.17, 15) is 4.79 Å². The Kier molecular flexibility index (Phi) is 7.36. The average Bonchev–Trinajstić information content (AvgIpc) is 3.17. The van der Waals surface area contributed by atoms with Crippen LogP contribution in [0.15, 0.2) is 72.9 Å². The van der Waals surface area contributed by atoms with Gasteiger partial charge >= 0.3 is 0 Å². The summed E-state index contributed by atoms with van der Waals surface area (Å²) in [5.74, 6) is 0.688. The van der Waals surface area contributed by atoms with Crippen molar-refractivity contribution in [2.24, 2.45) is 0 Å². The molecule has 0 fully saturated rings. The standard InChI is InChI=1S/C24H27ClN2O2/c1-3-19(2)27(24(28)18-29-23-12-5-4-6-13-23)17-22-11-8-14-26(22)16-20-9-7-10-21(25)15-20/h4-15,19H,3,16-18H2,1-2H3. The van der Waals surface area contributed by atoms with Crippen LogP contribution in [0.2, 0.25) is 5.02 Å². The summed E-state index contributed by atoms with van der Waals surface area (Å²) in [7, 11) is 0. The van der Waals surface area contributed by atoms with Gasteiger partial charge in [0.1, 0.15) is 5.75 Å². The van der Waals surface area contributed by atoms with Gasteiger partial charge in [0.25, 0.3) is 5.91 Å². The molecule has 1 atom stereocenters. The van der Waals surface area contributed by atoms with Crippen molar-refractivity contribution in [3.8, 4) is 5.75 Å². The fourth-order valence-electron chi connectivity index (χ4n) is 3.21. The third kappa shape index (κ3) is 5.88. The molecule has 0 N–H and O–H groups in total. The Morgan fingerprint density at radius 3 is 2.62 bits per heavy atom. The van der Waals surface area contributed by atoms with Crippen LogP contribution in [0.5, 0.6) is 5.75 Å². The smallest absolute Gasteiger partial charge is 0.261 e. The molecule has 3 rings (SSSR count). The van der Waals surface area contributed by atoms with Gasteiger partial charge in [-0.2, -0.15) is 0 Å². The normalized spacial score (nSPS) is 11.8. The summed E-state index contributed by atoms with van der Waals surface area (Å²) in [4.78, 5) is 14.8. The third-order valence-corrected chi connectivity index (χ3v) is 5.28. The Morgan fingerprint density at radius 2 is 1.90 bits per heavy atom. The zero-order valence-corrected chi connectivity index (χ0v) is 17.7. The second-order valence-corrected chi connectivity index (χ2v) is 7.57. The molecule has 0 aliphatic rings. The van der Waals surface area contributed by atoms with Gasteiger partial charge < -0.3 is 14.2 Å². The molecule has 0 aliphatic heterocycles. The van der Waals surface area contributed by atoms with E-state index < -0.39 is 0 Å². The molecule has 152 valence electrons. The van der Waals surface area contributed by atoms with Crippen LogP contribution in [0.25, 0.3) is 0 Å². The minimum absolute atomic E-state index is 0.0151. The van der Waals surface area contributed by atoms with E-state index in [2.05, 4.69) is 30.5 Å². The fraction of sp³-hybridized carbons (Fsp3) is 0.292. The van der Waals surface area contributed by atoms with Crippen molar-refractivity contribution in [2.75, 3.05) is 6.61 Å². The zero-order valence-electron chi connectivity index (χ0n) is 16.9. The first kappa shape index (κ1) is 21.0. The summed E-state index contributed by atoms with van der Waals surface area (Å²) in [6, 6.07) is 21.5. The van der Waals surface area contributed by atoms with E-state index >= 15 is 0 Å². The van der Waals surface area contributed by atoms with Gasteiger partial charge in [-0.15, -0.1) is 0 Å². The van der Waals surface area contributed by atoms with Crippen molar-refractivity contribution < 1.29 is 9.53 Å². The number of carbonyl (C=O) groups is 1. The highest BCUT2D eigenvalue weighted by atomic mass is 35.5. The molecular weight excluding hydrogens is 384 g/mol. The largest absolute Gasteiger partial charge is 0.484 e. The minimum atomic E-state index is -0.0151. The second-order valence-electron chi connectivity index (χ2n) is 7.14. The van der Waals surface area contributed by atoms with Crippen molar-refractivity contribution in [1.82, 2.24) is 9.47 Å². The second kappa shape index (κ2) is 10.2. The highest BCUT2D eigenvalue weighted by Gasteiger charge is 2.21. The number of aromatic nitrogens is 1. The molecule has 29 heavy (non-hydrogen) atoms. The maximum absolute atomic E-state index is 12.9. The SMILES string of the molecule is CCC(C)N(Cc1cccn1Cc1cccc(Cl)c1)C(=O)COc1ccccc1. The van der Waals surface area contributed by atoms with E-state index in [-0.39, 0.29) is 18.6 Å². The Hall–Kier alpha value is -2.72. The zero-order chi connectivity index (χ0) is 20.6. The lowest BCUT2D eigenvalue weighted by molar-refractivity contribution is -0.136. The van der Waals surface area contributed by atoms with Crippen molar-refractivity contribution in [3.63, 3.8) is 0 Å². The van der Waals surface area contributed by atoms with E-state index in [1.807, 2.05) is 65.7 Å². The Bertz CT molecular complexity index is 923. The van der Waals surface area contributed by atoms with Gasteiger partial charge in [0.05, 0.1) is 6.54 Å². The van der Waals surface area contributed by atoms with Crippen molar-refractivity contribution in [3.05, 3.63) is 89.2 Å². The number of amides is 1. The number of halogens is 1. The van der Waals surface area contributed by atoms with Crippen LogP contribution in [-0.4, -0.2) is 28.0 Å². The maximum atomic E-state index is 12.9. The van der Waals surface area contributed by atoms with Crippen LogP contribution >= 0.6 is 11.6 Å². The minimum Gasteiger partial charge on any atom is -0.484 e. The Balaban J connectivity index is 1.70. The topological polar surface area (TPSA) is 34.5 Å². The molecule has 1 heterocycles. The molecule has 4 nitrogen and oxygen atoms in total. The van der Waals surface area contributed by atoms with Crippen molar-refractivity contribution in [1.29, 1.82) is 0 Å². The number of rotatable bonds is 9. The lowest BCUT2D eigenvalue weighted by Crippen LogP contribution is -2.41. The molecule has 0 radical (unpaired) electrons. The quantitative estimate of drug-likeness (QED) is 0.473. The summed E-state index contributed by atoms with van der Waals surface area (Å²) in [6.45, 7) is 5.45. The van der Waals surface area contributed by atoms with Crippen molar-refractivity contribution in [2.45, 2.75) is 39.4 Å². The lowest BCUT2D eigenvalue weighted by atomic mass is 10.2. The average molecular weight is 411 g/mol. The molecule has 0 bridgehead atoms. The molecule has 0 spiro atoms. The van der Waals surface area contributed by atoms with Gasteiger partial charge in [-0.25, -0.2) is 0 Å². The summed E-state index contributed by atoms with van der Waals surface area (Å²) in [6.07, 6.45) is 2.92. The number of hydrogen-bond donors (Lipinski definition) is 0. The summed E-state index contributed by atoms with van der Waals surface area (Å²) < 4.78 is 7.85. The molecule has 1 unspecified atom stereocenters. The molecule has 5 heteroatoms. The number of hydrogen-bond acceptors (Lipinski definition) is 2. The first-order valence-corrected chi connectivity index (χ1v) is 10.3. The molecule has 0 saturated carbocycles. The molecule has 0 saturated heterocycles. The van der Waals surface area contributed by atoms with Crippen LogP contribution in [-0.2, 0) is 17.9 Å². The van der Waals surface area contributed by atoms with Gasteiger partial charge in [-0.1, -0.05) is 48.9 Å². The maximum Gasteiger partial charge on any atom is 0.261 e. The lowest BCUT2D eigenvalue weighted by Gasteiger charge is -2.29. The molecular formula is C24H27ClN2O2. The summed E-state index contributed by atoms with van der Waals surface area (Å²) in [5.41, 5.74) is 2.21. The monoisotopic (exact) mass is 410 g/mol. The van der Waals surface area contributed by atoms with E-state index in [1.165, 1.54) is 0 Å². The van der Waals surface area contributed by atoms with Gasteiger partial charge in [-0.05, 0) is 55.3 Å². The van der Waals surface area contributed by atoms with Gasteiger partial charge in [0.15, 0.2) is 6.61 Å². The predicted octanol–water partition coefficient (Wildman–Crippen LogP) is 5.40. The number of para-hydroxylation sites is 1. The van der Waals surface area contributed by atoms with Crippen LogP contribution in [0.1, 0.15) is 31.5 Å². The number of carbonyl (C=O) groups excluding carboxylic acids is 1. The molecule has 2 aromatic carbocycles. The number of benzene rings is 2. The van der Waals surface area contributed by atoms with Crippen molar-refractivity contribution >= 4 is 17.5 Å². The van der Waals surface area contributed by atoms with E-state index in [1.54, 1.807) is 0 Å². The number of nitrogens with zero attached hydrogens (tertiary/aromatic N) is 2. The molecule has 3 aromatic rings. The van der Waals surface area contributed by atoms with Gasteiger partial charge in [0.2, 0.25) is 0 Å². The number of ether oxygens (including phenoxy) is 1. The van der Waals surface area contributed by atoms with E-state index in [0.717, 1.165) is 22.7 Å². The van der Waals surface area contributed by atoms with Gasteiger partial charge in [0, 0.05) is 29.5 Å². The first-order valence-electron chi connectivity index (χ1n) is 9.92. The molecule has 1 aromatic heterocycles. The highest BCUT2D eigenvalue weighted by molar-refractivity contribution is 6.30. The third-order valence-electron chi connectivity index (χ3n) is 5.05. The van der Waals surface area contributed by atoms with Crippen LogP contribution in [0.3, 0.4) is 0 Å². The van der Waals surface area contributed by atoms with Crippen LogP contribution in [0, 0.1) is 0 Å². The highest BCUT2D eigenvalue weighted by Crippen LogP contribution is 2.17. The molecule has 0 aliphatic carbocycles.